The second kappa shape index (κ2) is 6.27. The molecular formula is C18H22N2O. The Morgan fingerprint density at radius 1 is 1.24 bits per heavy atom. The van der Waals surface area contributed by atoms with Crippen LogP contribution in [-0.4, -0.2) is 30.1 Å². The Morgan fingerprint density at radius 2 is 2.10 bits per heavy atom. The highest BCUT2D eigenvalue weighted by Gasteiger charge is 2.26. The highest BCUT2D eigenvalue weighted by atomic mass is 16.5. The Hall–Kier alpha value is -1.87. The van der Waals surface area contributed by atoms with Crippen LogP contribution in [0.2, 0.25) is 0 Å². The Morgan fingerprint density at radius 3 is 2.90 bits per heavy atom. The summed E-state index contributed by atoms with van der Waals surface area (Å²) in [6.45, 7) is 5.31. The van der Waals surface area contributed by atoms with Gasteiger partial charge in [-0.2, -0.15) is 0 Å². The third kappa shape index (κ3) is 3.08. The Labute approximate surface area is 126 Å². The highest BCUT2D eigenvalue weighted by molar-refractivity contribution is 5.37. The quantitative estimate of drug-likeness (QED) is 0.859. The Balaban J connectivity index is 1.70. The fraction of sp³-hybridized carbons (Fsp3) is 0.389. The molecule has 110 valence electrons. The predicted molar refractivity (Wildman–Crippen MR) is 84.6 cm³/mol. The lowest BCUT2D eigenvalue weighted by atomic mass is 9.97. The van der Waals surface area contributed by atoms with Crippen LogP contribution in [0.5, 0.6) is 5.75 Å². The van der Waals surface area contributed by atoms with Crippen molar-refractivity contribution in [2.24, 2.45) is 0 Å². The number of benzene rings is 1. The smallest absolute Gasteiger partial charge is 0.122 e. The number of aryl methyl sites for hydroxylation is 1. The minimum absolute atomic E-state index is 0.568. The molecule has 1 fully saturated rings. The van der Waals surface area contributed by atoms with Crippen molar-refractivity contribution in [2.75, 3.05) is 20.2 Å². The molecule has 0 aliphatic carbocycles. The van der Waals surface area contributed by atoms with Gasteiger partial charge in [-0.15, -0.1) is 0 Å². The third-order valence-corrected chi connectivity index (χ3v) is 4.36. The van der Waals surface area contributed by atoms with E-state index in [9.17, 15) is 0 Å². The van der Waals surface area contributed by atoms with E-state index in [4.69, 9.17) is 4.74 Å². The van der Waals surface area contributed by atoms with Gasteiger partial charge in [0.1, 0.15) is 5.75 Å². The van der Waals surface area contributed by atoms with Crippen LogP contribution in [0.15, 0.2) is 42.6 Å². The first-order valence-electron chi connectivity index (χ1n) is 7.53. The Kier molecular flexibility index (Phi) is 4.20. The molecule has 1 saturated heterocycles. The zero-order chi connectivity index (χ0) is 14.7. The van der Waals surface area contributed by atoms with E-state index in [0.717, 1.165) is 31.1 Å². The van der Waals surface area contributed by atoms with E-state index >= 15 is 0 Å². The van der Waals surface area contributed by atoms with Gasteiger partial charge in [0.15, 0.2) is 0 Å². The summed E-state index contributed by atoms with van der Waals surface area (Å²) in [5.41, 5.74) is 3.81. The van der Waals surface area contributed by atoms with E-state index in [1.165, 1.54) is 17.5 Å². The van der Waals surface area contributed by atoms with Crippen LogP contribution in [0.1, 0.15) is 29.2 Å². The molecule has 1 aromatic carbocycles. The first-order valence-corrected chi connectivity index (χ1v) is 7.53. The van der Waals surface area contributed by atoms with Gasteiger partial charge in [0.05, 0.1) is 7.11 Å². The molecule has 1 atom stereocenters. The van der Waals surface area contributed by atoms with Gasteiger partial charge in [-0.25, -0.2) is 0 Å². The summed E-state index contributed by atoms with van der Waals surface area (Å²) in [5, 5.41) is 0. The van der Waals surface area contributed by atoms with Crippen molar-refractivity contribution >= 4 is 0 Å². The summed E-state index contributed by atoms with van der Waals surface area (Å²) in [5.74, 6) is 1.58. The maximum Gasteiger partial charge on any atom is 0.122 e. The number of methoxy groups -OCH3 is 1. The molecule has 1 aliphatic heterocycles. The predicted octanol–water partition coefficient (Wildman–Crippen LogP) is 3.39. The van der Waals surface area contributed by atoms with Crippen LogP contribution in [0.3, 0.4) is 0 Å². The lowest BCUT2D eigenvalue weighted by Crippen LogP contribution is -2.20. The number of hydrogen-bond donors (Lipinski definition) is 0. The minimum atomic E-state index is 0.568. The zero-order valence-electron chi connectivity index (χ0n) is 12.7. The molecular weight excluding hydrogens is 260 g/mol. The molecule has 3 heteroatoms. The van der Waals surface area contributed by atoms with Gasteiger partial charge in [-0.1, -0.05) is 24.3 Å². The number of para-hydroxylation sites is 1. The molecule has 0 bridgehead atoms. The van der Waals surface area contributed by atoms with Crippen molar-refractivity contribution in [3.8, 4) is 5.75 Å². The van der Waals surface area contributed by atoms with E-state index < -0.39 is 0 Å². The third-order valence-electron chi connectivity index (χ3n) is 4.36. The normalized spacial score (nSPS) is 18.9. The highest BCUT2D eigenvalue weighted by Crippen LogP contribution is 2.33. The molecule has 0 saturated carbocycles. The van der Waals surface area contributed by atoms with Gasteiger partial charge < -0.3 is 4.74 Å². The van der Waals surface area contributed by atoms with E-state index in [1.54, 1.807) is 7.11 Å². The second-order valence-corrected chi connectivity index (χ2v) is 5.71. The van der Waals surface area contributed by atoms with Gasteiger partial charge in [0.2, 0.25) is 0 Å². The largest absolute Gasteiger partial charge is 0.496 e. The van der Waals surface area contributed by atoms with Crippen molar-refractivity contribution in [1.29, 1.82) is 0 Å². The number of ether oxygens (including phenoxy) is 1. The maximum absolute atomic E-state index is 5.50. The SMILES string of the molecule is COc1ccccc1[C@@H]1CCN(Cc2cccnc2C)C1. The first kappa shape index (κ1) is 14.1. The number of nitrogens with zero attached hydrogens (tertiary/aromatic N) is 2. The molecule has 0 spiro atoms. The lowest BCUT2D eigenvalue weighted by molar-refractivity contribution is 0.324. The number of rotatable bonds is 4. The summed E-state index contributed by atoms with van der Waals surface area (Å²) < 4.78 is 5.50. The van der Waals surface area contributed by atoms with E-state index in [2.05, 4.69) is 41.1 Å². The standard InChI is InChI=1S/C18H22N2O/c1-14-15(6-5-10-19-14)12-20-11-9-16(13-20)17-7-3-4-8-18(17)21-2/h3-8,10,16H,9,11-13H2,1-2H3/t16-/m1/s1. The van der Waals surface area contributed by atoms with Crippen LogP contribution in [0, 0.1) is 6.92 Å². The number of aromatic nitrogens is 1. The summed E-state index contributed by atoms with van der Waals surface area (Å²) >= 11 is 0. The monoisotopic (exact) mass is 282 g/mol. The molecule has 0 radical (unpaired) electrons. The van der Waals surface area contributed by atoms with Gasteiger partial charge >= 0.3 is 0 Å². The lowest BCUT2D eigenvalue weighted by Gasteiger charge is -2.18. The molecule has 3 rings (SSSR count). The summed E-state index contributed by atoms with van der Waals surface area (Å²) in [7, 11) is 1.75. The van der Waals surface area contributed by atoms with Crippen LogP contribution in [0.4, 0.5) is 0 Å². The molecule has 0 unspecified atom stereocenters. The van der Waals surface area contributed by atoms with E-state index in [0.29, 0.717) is 5.92 Å². The molecule has 0 amide bonds. The molecule has 3 nitrogen and oxygen atoms in total. The first-order chi connectivity index (χ1) is 10.3. The average Bonchev–Trinajstić information content (AvgIpc) is 2.98. The van der Waals surface area contributed by atoms with Crippen molar-refractivity contribution in [2.45, 2.75) is 25.8 Å². The molecule has 1 aromatic heterocycles. The van der Waals surface area contributed by atoms with Crippen LogP contribution >= 0.6 is 0 Å². The van der Waals surface area contributed by atoms with Gasteiger partial charge in [-0.3, -0.25) is 9.88 Å². The number of pyridine rings is 1. The van der Waals surface area contributed by atoms with Crippen molar-refractivity contribution in [3.05, 3.63) is 59.4 Å². The molecule has 21 heavy (non-hydrogen) atoms. The minimum Gasteiger partial charge on any atom is -0.496 e. The number of hydrogen-bond acceptors (Lipinski definition) is 3. The van der Waals surface area contributed by atoms with E-state index in [-0.39, 0.29) is 0 Å². The summed E-state index contributed by atoms with van der Waals surface area (Å²) in [6.07, 6.45) is 3.06. The summed E-state index contributed by atoms with van der Waals surface area (Å²) in [4.78, 5) is 6.89. The fourth-order valence-electron chi connectivity index (χ4n) is 3.16. The van der Waals surface area contributed by atoms with Crippen molar-refractivity contribution < 1.29 is 4.74 Å². The van der Waals surface area contributed by atoms with Crippen molar-refractivity contribution in [1.82, 2.24) is 9.88 Å². The summed E-state index contributed by atoms with van der Waals surface area (Å²) in [6, 6.07) is 12.6. The number of likely N-dealkylation sites (tertiary alicyclic amines) is 1. The van der Waals surface area contributed by atoms with Gasteiger partial charge in [-0.05, 0) is 43.1 Å². The van der Waals surface area contributed by atoms with Crippen LogP contribution in [-0.2, 0) is 6.54 Å². The van der Waals surface area contributed by atoms with E-state index in [1.807, 2.05) is 18.3 Å². The molecule has 0 N–H and O–H groups in total. The maximum atomic E-state index is 5.50. The van der Waals surface area contributed by atoms with Crippen LogP contribution in [0.25, 0.3) is 0 Å². The van der Waals surface area contributed by atoms with Gasteiger partial charge in [0, 0.05) is 30.9 Å². The van der Waals surface area contributed by atoms with Crippen molar-refractivity contribution in [3.63, 3.8) is 0 Å². The second-order valence-electron chi connectivity index (χ2n) is 5.71. The topological polar surface area (TPSA) is 25.4 Å². The molecule has 1 aliphatic rings. The zero-order valence-corrected chi connectivity index (χ0v) is 12.7. The molecule has 2 heterocycles. The van der Waals surface area contributed by atoms with Crippen LogP contribution < -0.4 is 4.74 Å². The average molecular weight is 282 g/mol. The fourth-order valence-corrected chi connectivity index (χ4v) is 3.16. The Bertz CT molecular complexity index is 612. The van der Waals surface area contributed by atoms with Gasteiger partial charge in [0.25, 0.3) is 0 Å². The molecule has 2 aromatic rings.